The van der Waals surface area contributed by atoms with Crippen LogP contribution in [0.4, 0.5) is 5.69 Å². The highest BCUT2D eigenvalue weighted by molar-refractivity contribution is 7.80. The van der Waals surface area contributed by atoms with Crippen molar-refractivity contribution in [1.82, 2.24) is 10.6 Å². The van der Waals surface area contributed by atoms with E-state index in [1.165, 1.54) is 12.1 Å². The second kappa shape index (κ2) is 10.1. The molecule has 134 valence electrons. The molecule has 1 aromatic rings. The zero-order valence-corrected chi connectivity index (χ0v) is 16.2. The van der Waals surface area contributed by atoms with E-state index in [0.717, 1.165) is 19.3 Å². The summed E-state index contributed by atoms with van der Waals surface area (Å²) in [6.07, 6.45) is 2.09. The predicted octanol–water partition coefficient (Wildman–Crippen LogP) is 4.07. The molecule has 1 amide bonds. The fraction of sp³-hybridized carbons (Fsp3) is 0.467. The molecule has 4 N–H and O–H groups in total. The Labute approximate surface area is 162 Å². The van der Waals surface area contributed by atoms with E-state index < -0.39 is 9.96 Å². The summed E-state index contributed by atoms with van der Waals surface area (Å²) < 4.78 is -1.79. The van der Waals surface area contributed by atoms with E-state index in [2.05, 4.69) is 22.9 Å². The molecule has 0 aromatic heterocycles. The number of nitrogens with one attached hydrogen (secondary N) is 3. The lowest BCUT2D eigenvalue weighted by Gasteiger charge is -2.27. The average molecular weight is 413 g/mol. The number of halogens is 3. The smallest absolute Gasteiger partial charge is 0.228 e. The molecule has 0 bridgehead atoms. The third-order valence-electron chi connectivity index (χ3n) is 3.02. The Morgan fingerprint density at radius 3 is 2.58 bits per heavy atom. The number of hydrogen-bond acceptors (Lipinski definition) is 3. The van der Waals surface area contributed by atoms with Crippen LogP contribution in [-0.4, -0.2) is 26.1 Å². The first kappa shape index (κ1) is 21.1. The molecule has 0 radical (unpaired) electrons. The van der Waals surface area contributed by atoms with Crippen LogP contribution in [0.5, 0.6) is 5.75 Å². The van der Waals surface area contributed by atoms with Gasteiger partial charge in [-0.15, -0.1) is 0 Å². The number of carbonyl (C=O) groups is 1. The maximum absolute atomic E-state index is 11.9. The van der Waals surface area contributed by atoms with Gasteiger partial charge in [0.05, 0.1) is 0 Å². The number of unbranched alkanes of at least 4 members (excludes halogenated alkanes) is 2. The molecular weight excluding hydrogens is 393 g/mol. The zero-order chi connectivity index (χ0) is 18.2. The Morgan fingerprint density at radius 1 is 1.29 bits per heavy atom. The molecular formula is C15H20Cl3N3O2S. The lowest BCUT2D eigenvalue weighted by Crippen LogP contribution is -2.56. The van der Waals surface area contributed by atoms with Crippen molar-refractivity contribution in [2.75, 3.05) is 5.32 Å². The molecule has 0 fully saturated rings. The van der Waals surface area contributed by atoms with E-state index in [9.17, 15) is 9.90 Å². The van der Waals surface area contributed by atoms with Gasteiger partial charge in [-0.25, -0.2) is 0 Å². The Bertz CT molecular complexity index is 567. The third kappa shape index (κ3) is 8.24. The predicted molar refractivity (Wildman–Crippen MR) is 104 cm³/mol. The number of anilines is 1. The van der Waals surface area contributed by atoms with Gasteiger partial charge in [0.25, 0.3) is 0 Å². The van der Waals surface area contributed by atoms with Crippen molar-refractivity contribution >= 4 is 63.7 Å². The normalized spacial score (nSPS) is 12.3. The number of carbonyl (C=O) groups excluding carboxylic acids is 1. The van der Waals surface area contributed by atoms with Crippen LogP contribution in [0.15, 0.2) is 24.3 Å². The Kier molecular flexibility index (Phi) is 8.91. The standard InChI is InChI=1S/C15H20Cl3N3O2S/c1-2-3-4-8-12(23)20-13(15(16,17)18)21-14(24)19-10-6-5-7-11(22)9-10/h5-7,9,13,22H,2-4,8H2,1H3,(H,20,23)(H2,19,21,24). The van der Waals surface area contributed by atoms with Crippen LogP contribution in [0.1, 0.15) is 32.6 Å². The molecule has 0 aliphatic rings. The van der Waals surface area contributed by atoms with E-state index >= 15 is 0 Å². The lowest BCUT2D eigenvalue weighted by atomic mass is 10.2. The van der Waals surface area contributed by atoms with Crippen LogP contribution >= 0.6 is 47.0 Å². The molecule has 0 saturated carbocycles. The SMILES string of the molecule is CCCCCC(=O)NC(NC(=S)Nc1cccc(O)c1)C(Cl)(Cl)Cl. The monoisotopic (exact) mass is 411 g/mol. The molecule has 5 nitrogen and oxygen atoms in total. The van der Waals surface area contributed by atoms with Gasteiger partial charge in [-0.3, -0.25) is 4.79 Å². The van der Waals surface area contributed by atoms with Crippen LogP contribution in [0.2, 0.25) is 0 Å². The summed E-state index contributed by atoms with van der Waals surface area (Å²) in [5.41, 5.74) is 0.560. The van der Waals surface area contributed by atoms with Crippen molar-refractivity contribution in [2.45, 2.75) is 42.6 Å². The molecule has 0 aliphatic heterocycles. The number of phenols is 1. The number of phenolic OH excluding ortho intramolecular Hbond substituents is 1. The van der Waals surface area contributed by atoms with E-state index in [4.69, 9.17) is 47.0 Å². The van der Waals surface area contributed by atoms with Crippen molar-refractivity contribution in [3.8, 4) is 5.75 Å². The number of aromatic hydroxyl groups is 1. The molecule has 1 rings (SSSR count). The minimum atomic E-state index is -1.79. The van der Waals surface area contributed by atoms with Gasteiger partial charge in [0.2, 0.25) is 9.70 Å². The molecule has 0 heterocycles. The average Bonchev–Trinajstić information content (AvgIpc) is 2.45. The summed E-state index contributed by atoms with van der Waals surface area (Å²) in [6.45, 7) is 2.05. The van der Waals surface area contributed by atoms with Gasteiger partial charge in [-0.2, -0.15) is 0 Å². The van der Waals surface area contributed by atoms with Gasteiger partial charge >= 0.3 is 0 Å². The van der Waals surface area contributed by atoms with E-state index in [1.807, 2.05) is 0 Å². The van der Waals surface area contributed by atoms with Gasteiger partial charge in [0.15, 0.2) is 5.11 Å². The first-order chi connectivity index (χ1) is 11.2. The Hall–Kier alpha value is -0.950. The maximum Gasteiger partial charge on any atom is 0.228 e. The van der Waals surface area contributed by atoms with Crippen LogP contribution in [0, 0.1) is 0 Å². The highest BCUT2D eigenvalue weighted by Gasteiger charge is 2.34. The molecule has 0 aliphatic carbocycles. The number of rotatable bonds is 7. The third-order valence-corrected chi connectivity index (χ3v) is 3.89. The minimum Gasteiger partial charge on any atom is -0.508 e. The van der Waals surface area contributed by atoms with Gasteiger partial charge in [-0.1, -0.05) is 60.6 Å². The molecule has 9 heteroatoms. The number of alkyl halides is 3. The largest absolute Gasteiger partial charge is 0.508 e. The lowest BCUT2D eigenvalue weighted by molar-refractivity contribution is -0.122. The number of amides is 1. The first-order valence-corrected chi connectivity index (χ1v) is 8.99. The summed E-state index contributed by atoms with van der Waals surface area (Å²) in [6, 6.07) is 6.38. The first-order valence-electron chi connectivity index (χ1n) is 7.45. The van der Waals surface area contributed by atoms with Gasteiger partial charge < -0.3 is 21.1 Å². The molecule has 1 atom stereocenters. The second-order valence-electron chi connectivity index (χ2n) is 5.15. The van der Waals surface area contributed by atoms with Crippen molar-refractivity contribution in [1.29, 1.82) is 0 Å². The van der Waals surface area contributed by atoms with Crippen molar-refractivity contribution in [3.05, 3.63) is 24.3 Å². The molecule has 24 heavy (non-hydrogen) atoms. The van der Waals surface area contributed by atoms with Gasteiger partial charge in [0, 0.05) is 18.2 Å². The van der Waals surface area contributed by atoms with Crippen LogP contribution < -0.4 is 16.0 Å². The minimum absolute atomic E-state index is 0.0879. The second-order valence-corrected chi connectivity index (χ2v) is 7.93. The molecule has 1 unspecified atom stereocenters. The number of thiocarbonyl (C=S) groups is 1. The topological polar surface area (TPSA) is 73.4 Å². The quantitative estimate of drug-likeness (QED) is 0.235. The highest BCUT2D eigenvalue weighted by Crippen LogP contribution is 2.29. The Morgan fingerprint density at radius 2 is 2.00 bits per heavy atom. The summed E-state index contributed by atoms with van der Waals surface area (Å²) in [7, 11) is 0. The van der Waals surface area contributed by atoms with Crippen molar-refractivity contribution < 1.29 is 9.90 Å². The Balaban J connectivity index is 2.62. The van der Waals surface area contributed by atoms with Gasteiger partial charge in [0.1, 0.15) is 11.9 Å². The number of benzene rings is 1. The summed E-state index contributed by atoms with van der Waals surface area (Å²) >= 11 is 22.9. The molecule has 0 saturated heterocycles. The summed E-state index contributed by atoms with van der Waals surface area (Å²) in [4.78, 5) is 11.9. The molecule has 0 spiro atoms. The van der Waals surface area contributed by atoms with Crippen molar-refractivity contribution in [2.24, 2.45) is 0 Å². The van der Waals surface area contributed by atoms with E-state index in [1.54, 1.807) is 12.1 Å². The fourth-order valence-electron chi connectivity index (χ4n) is 1.85. The molecule has 1 aromatic carbocycles. The zero-order valence-electron chi connectivity index (χ0n) is 13.1. The van der Waals surface area contributed by atoms with E-state index in [0.29, 0.717) is 12.1 Å². The van der Waals surface area contributed by atoms with Crippen LogP contribution in [-0.2, 0) is 4.79 Å². The van der Waals surface area contributed by atoms with Crippen LogP contribution in [0.3, 0.4) is 0 Å². The summed E-state index contributed by atoms with van der Waals surface area (Å²) in [5.74, 6) is -0.141. The number of hydrogen-bond donors (Lipinski definition) is 4. The van der Waals surface area contributed by atoms with E-state index in [-0.39, 0.29) is 16.8 Å². The fourth-order valence-corrected chi connectivity index (χ4v) is 2.41. The van der Waals surface area contributed by atoms with Crippen molar-refractivity contribution in [3.63, 3.8) is 0 Å². The summed E-state index contributed by atoms with van der Waals surface area (Å²) in [5, 5.41) is 17.8. The maximum atomic E-state index is 11.9. The van der Waals surface area contributed by atoms with Gasteiger partial charge in [-0.05, 0) is 30.8 Å². The van der Waals surface area contributed by atoms with Crippen LogP contribution in [0.25, 0.3) is 0 Å². The highest BCUT2D eigenvalue weighted by atomic mass is 35.6.